The zero-order valence-electron chi connectivity index (χ0n) is 12.8. The van der Waals surface area contributed by atoms with Gasteiger partial charge in [-0.25, -0.2) is 0 Å². The van der Waals surface area contributed by atoms with Crippen LogP contribution in [0.4, 0.5) is 5.69 Å². The fourth-order valence-electron chi connectivity index (χ4n) is 2.46. The number of nitrogens with one attached hydrogen (secondary N) is 2. The third-order valence-electron chi connectivity index (χ3n) is 3.94. The summed E-state index contributed by atoms with van der Waals surface area (Å²) in [6.45, 7) is 11.5. The Labute approximate surface area is 120 Å². The summed E-state index contributed by atoms with van der Waals surface area (Å²) in [5.74, 6) is 0.0214. The van der Waals surface area contributed by atoms with Crippen molar-refractivity contribution in [1.82, 2.24) is 15.2 Å². The number of aromatic nitrogens is 1. The Morgan fingerprint density at radius 3 is 2.55 bits per heavy atom. The maximum Gasteiger partial charge on any atom is 0.244 e. The van der Waals surface area contributed by atoms with E-state index in [2.05, 4.69) is 20.5 Å². The largest absolute Gasteiger partial charge is 0.323 e. The maximum absolute atomic E-state index is 12.6. The van der Waals surface area contributed by atoms with E-state index in [9.17, 15) is 4.79 Å². The van der Waals surface area contributed by atoms with Crippen LogP contribution >= 0.6 is 0 Å². The second-order valence-electron chi connectivity index (χ2n) is 5.84. The molecule has 2 rings (SSSR count). The highest BCUT2D eigenvalue weighted by molar-refractivity contribution is 5.97. The third kappa shape index (κ3) is 3.16. The lowest BCUT2D eigenvalue weighted by atomic mass is 10.00. The van der Waals surface area contributed by atoms with Gasteiger partial charge < -0.3 is 10.6 Å². The van der Waals surface area contributed by atoms with Gasteiger partial charge in [0.15, 0.2) is 0 Å². The van der Waals surface area contributed by atoms with Crippen molar-refractivity contribution in [3.8, 4) is 0 Å². The molecule has 1 saturated heterocycles. The zero-order chi connectivity index (χ0) is 14.8. The summed E-state index contributed by atoms with van der Waals surface area (Å²) in [5, 5.41) is 6.32. The molecule has 2 N–H and O–H groups in total. The molecule has 0 unspecified atom stereocenters. The molecule has 0 spiro atoms. The van der Waals surface area contributed by atoms with Gasteiger partial charge in [-0.3, -0.25) is 14.7 Å². The summed E-state index contributed by atoms with van der Waals surface area (Å²) >= 11 is 0. The van der Waals surface area contributed by atoms with Gasteiger partial charge in [0.05, 0.1) is 16.9 Å². The molecule has 0 aromatic carbocycles. The van der Waals surface area contributed by atoms with Crippen molar-refractivity contribution < 1.29 is 4.79 Å². The summed E-state index contributed by atoms with van der Waals surface area (Å²) in [5.41, 5.74) is 2.10. The lowest BCUT2D eigenvalue weighted by molar-refractivity contribution is -0.126. The van der Waals surface area contributed by atoms with Crippen LogP contribution in [0.25, 0.3) is 0 Å². The lowest BCUT2D eigenvalue weighted by Gasteiger charge is -2.39. The van der Waals surface area contributed by atoms with Gasteiger partial charge in [-0.05, 0) is 39.8 Å². The molecule has 1 aromatic rings. The first kappa shape index (κ1) is 14.9. The molecular formula is C15H24N4O. The van der Waals surface area contributed by atoms with E-state index in [1.54, 1.807) is 0 Å². The van der Waals surface area contributed by atoms with E-state index >= 15 is 0 Å². The molecule has 1 amide bonds. The Morgan fingerprint density at radius 1 is 1.30 bits per heavy atom. The van der Waals surface area contributed by atoms with E-state index in [1.807, 2.05) is 39.8 Å². The van der Waals surface area contributed by atoms with Crippen LogP contribution in [0.3, 0.4) is 0 Å². The fourth-order valence-corrected chi connectivity index (χ4v) is 2.46. The number of hydrogen-bond donors (Lipinski definition) is 2. The monoisotopic (exact) mass is 276 g/mol. The van der Waals surface area contributed by atoms with Gasteiger partial charge in [-0.15, -0.1) is 0 Å². The second-order valence-corrected chi connectivity index (χ2v) is 5.84. The van der Waals surface area contributed by atoms with Crippen molar-refractivity contribution in [2.24, 2.45) is 0 Å². The van der Waals surface area contributed by atoms with Gasteiger partial charge in [0.1, 0.15) is 0 Å². The highest BCUT2D eigenvalue weighted by atomic mass is 16.2. The average molecular weight is 276 g/mol. The number of aryl methyl sites for hydroxylation is 2. The summed E-state index contributed by atoms with van der Waals surface area (Å²) < 4.78 is 0. The molecule has 0 bridgehead atoms. The van der Waals surface area contributed by atoms with E-state index in [-0.39, 0.29) is 5.91 Å². The third-order valence-corrected chi connectivity index (χ3v) is 3.94. The van der Waals surface area contributed by atoms with Crippen LogP contribution in [0.1, 0.15) is 25.2 Å². The quantitative estimate of drug-likeness (QED) is 0.874. The van der Waals surface area contributed by atoms with Gasteiger partial charge in [-0.1, -0.05) is 0 Å². The summed E-state index contributed by atoms with van der Waals surface area (Å²) in [7, 11) is 0. The predicted molar refractivity (Wildman–Crippen MR) is 80.9 cm³/mol. The highest BCUT2D eigenvalue weighted by Gasteiger charge is 2.35. The SMILES string of the molecule is Cc1ccc(NC(=O)C(C)(C)N2CCNCC2)c(C)n1. The smallest absolute Gasteiger partial charge is 0.244 e. The Bertz CT molecular complexity index is 493. The number of pyridine rings is 1. The van der Waals surface area contributed by atoms with E-state index in [4.69, 9.17) is 0 Å². The highest BCUT2D eigenvalue weighted by Crippen LogP contribution is 2.20. The Balaban J connectivity index is 2.09. The van der Waals surface area contributed by atoms with Crippen LogP contribution in [0.2, 0.25) is 0 Å². The molecule has 1 aromatic heterocycles. The van der Waals surface area contributed by atoms with Crippen LogP contribution in [-0.2, 0) is 4.79 Å². The van der Waals surface area contributed by atoms with Gasteiger partial charge in [-0.2, -0.15) is 0 Å². The number of nitrogens with zero attached hydrogens (tertiary/aromatic N) is 2. The molecule has 1 aliphatic heterocycles. The summed E-state index contributed by atoms with van der Waals surface area (Å²) in [6.07, 6.45) is 0. The average Bonchev–Trinajstić information content (AvgIpc) is 2.42. The second kappa shape index (κ2) is 5.89. The molecule has 0 atom stereocenters. The molecule has 5 heteroatoms. The summed E-state index contributed by atoms with van der Waals surface area (Å²) in [6, 6.07) is 3.84. The number of carbonyl (C=O) groups excluding carboxylic acids is 1. The van der Waals surface area contributed by atoms with Crippen molar-refractivity contribution in [2.45, 2.75) is 33.2 Å². The molecule has 20 heavy (non-hydrogen) atoms. The van der Waals surface area contributed by atoms with Gasteiger partial charge >= 0.3 is 0 Å². The van der Waals surface area contributed by atoms with Crippen molar-refractivity contribution in [3.63, 3.8) is 0 Å². The molecule has 1 aliphatic rings. The maximum atomic E-state index is 12.6. The van der Waals surface area contributed by atoms with Gasteiger partial charge in [0.25, 0.3) is 0 Å². The predicted octanol–water partition coefficient (Wildman–Crippen LogP) is 1.32. The first-order chi connectivity index (χ1) is 9.41. The Kier molecular flexibility index (Phi) is 4.40. The lowest BCUT2D eigenvalue weighted by Crippen LogP contribution is -2.58. The molecule has 0 aliphatic carbocycles. The molecule has 0 radical (unpaired) electrons. The molecule has 5 nitrogen and oxygen atoms in total. The molecule has 110 valence electrons. The van der Waals surface area contributed by atoms with Crippen LogP contribution in [0.15, 0.2) is 12.1 Å². The van der Waals surface area contributed by atoms with Crippen LogP contribution < -0.4 is 10.6 Å². The number of anilines is 1. The first-order valence-electron chi connectivity index (χ1n) is 7.13. The van der Waals surface area contributed by atoms with Crippen molar-refractivity contribution >= 4 is 11.6 Å². The standard InChI is InChI=1S/C15H24N4O/c1-11-5-6-13(12(2)17-11)18-14(20)15(3,4)19-9-7-16-8-10-19/h5-6,16H,7-10H2,1-4H3,(H,18,20). The number of piperazine rings is 1. The molecule has 0 saturated carbocycles. The minimum absolute atomic E-state index is 0.0214. The van der Waals surface area contributed by atoms with E-state index in [1.165, 1.54) is 0 Å². The fraction of sp³-hybridized carbons (Fsp3) is 0.600. The van der Waals surface area contributed by atoms with Gasteiger partial charge in [0.2, 0.25) is 5.91 Å². The van der Waals surface area contributed by atoms with Crippen molar-refractivity contribution in [1.29, 1.82) is 0 Å². The number of carbonyl (C=O) groups is 1. The van der Waals surface area contributed by atoms with E-state index in [0.717, 1.165) is 43.3 Å². The van der Waals surface area contributed by atoms with E-state index in [0.29, 0.717) is 0 Å². The first-order valence-corrected chi connectivity index (χ1v) is 7.13. The number of hydrogen-bond acceptors (Lipinski definition) is 4. The summed E-state index contributed by atoms with van der Waals surface area (Å²) in [4.78, 5) is 19.2. The zero-order valence-corrected chi connectivity index (χ0v) is 12.8. The molecular weight excluding hydrogens is 252 g/mol. The topological polar surface area (TPSA) is 57.3 Å². The number of rotatable bonds is 3. The van der Waals surface area contributed by atoms with Crippen LogP contribution in [-0.4, -0.2) is 47.5 Å². The molecule has 2 heterocycles. The Hall–Kier alpha value is -1.46. The van der Waals surface area contributed by atoms with E-state index < -0.39 is 5.54 Å². The Morgan fingerprint density at radius 2 is 1.95 bits per heavy atom. The van der Waals surface area contributed by atoms with Crippen molar-refractivity contribution in [3.05, 3.63) is 23.5 Å². The van der Waals surface area contributed by atoms with Crippen molar-refractivity contribution in [2.75, 3.05) is 31.5 Å². The minimum atomic E-state index is -0.514. The van der Waals surface area contributed by atoms with Crippen LogP contribution in [0, 0.1) is 13.8 Å². The minimum Gasteiger partial charge on any atom is -0.323 e. The molecule has 1 fully saturated rings. The van der Waals surface area contributed by atoms with Gasteiger partial charge in [0, 0.05) is 31.9 Å². The number of amides is 1. The van der Waals surface area contributed by atoms with Crippen LogP contribution in [0.5, 0.6) is 0 Å². The normalized spacial score (nSPS) is 17.0.